The molecule has 1 aromatic heterocycles. The van der Waals surface area contributed by atoms with E-state index in [0.717, 1.165) is 10.6 Å². The normalized spacial score (nSPS) is 10.6. The third-order valence-corrected chi connectivity index (χ3v) is 5.26. The molecule has 0 unspecified atom stereocenters. The average Bonchev–Trinajstić information content (AvgIpc) is 2.96. The smallest absolute Gasteiger partial charge is 0.319 e. The molecule has 0 fully saturated rings. The first-order valence-corrected chi connectivity index (χ1v) is 9.29. The molecule has 5 nitrogen and oxygen atoms in total. The summed E-state index contributed by atoms with van der Waals surface area (Å²) in [6.07, 6.45) is 0.529. The molecule has 1 aromatic carbocycles. The van der Waals surface area contributed by atoms with Gasteiger partial charge in [0.15, 0.2) is 0 Å². The largest absolute Gasteiger partial charge is 0.396 e. The van der Waals surface area contributed by atoms with Crippen molar-refractivity contribution in [1.29, 1.82) is 0 Å². The molecular weight excluding hydrogens is 377 g/mol. The van der Waals surface area contributed by atoms with Crippen LogP contribution in [0.4, 0.5) is 9.80 Å². The lowest BCUT2D eigenvalue weighted by molar-refractivity contribution is 0.249. The van der Waals surface area contributed by atoms with Gasteiger partial charge in [-0.15, -0.1) is 11.8 Å². The van der Waals surface area contributed by atoms with Gasteiger partial charge in [-0.05, 0) is 35.6 Å². The fourth-order valence-electron chi connectivity index (χ4n) is 1.61. The van der Waals surface area contributed by atoms with Crippen LogP contribution in [-0.4, -0.2) is 28.7 Å². The molecule has 2 amide bonds. The second-order valence-electron chi connectivity index (χ2n) is 4.52. The van der Waals surface area contributed by atoms with Crippen molar-refractivity contribution in [3.8, 4) is 0 Å². The number of aliphatic hydroxyl groups is 1. The van der Waals surface area contributed by atoms with Gasteiger partial charge in [0, 0.05) is 25.0 Å². The number of amides is 2. The van der Waals surface area contributed by atoms with E-state index in [1.54, 1.807) is 17.8 Å². The maximum absolute atomic E-state index is 11.6. The fraction of sp³-hybridized carbons (Fsp3) is 0.286. The van der Waals surface area contributed by atoms with Gasteiger partial charge in [-0.1, -0.05) is 29.3 Å². The number of aliphatic hydroxyl groups excluding tert-OH is 1. The monoisotopic (exact) mass is 391 g/mol. The van der Waals surface area contributed by atoms with Gasteiger partial charge in [-0.25, -0.2) is 4.79 Å². The van der Waals surface area contributed by atoms with E-state index in [0.29, 0.717) is 33.8 Å². The molecule has 0 radical (unpaired) electrons. The van der Waals surface area contributed by atoms with Gasteiger partial charge in [0.1, 0.15) is 10.0 Å². The number of hydrogen-bond donors (Lipinski definition) is 3. The molecule has 3 N–H and O–H groups in total. The summed E-state index contributed by atoms with van der Waals surface area (Å²) in [5.74, 6) is 0.711. The lowest BCUT2D eigenvalue weighted by Crippen LogP contribution is -2.29. The van der Waals surface area contributed by atoms with Crippen molar-refractivity contribution in [3.05, 3.63) is 39.9 Å². The summed E-state index contributed by atoms with van der Waals surface area (Å²) in [6.45, 7) is 0.483. The highest BCUT2D eigenvalue weighted by atomic mass is 35.5. The van der Waals surface area contributed by atoms with Gasteiger partial charge in [0.05, 0.1) is 10.0 Å². The molecule has 1 heterocycles. The van der Waals surface area contributed by atoms with Crippen LogP contribution in [0.1, 0.15) is 12.0 Å². The zero-order valence-electron chi connectivity index (χ0n) is 12.0. The Bertz CT molecular complexity index is 667. The average molecular weight is 392 g/mol. The zero-order chi connectivity index (χ0) is 16.7. The van der Waals surface area contributed by atoms with Gasteiger partial charge in [-0.2, -0.15) is 4.37 Å². The van der Waals surface area contributed by atoms with Crippen LogP contribution in [0.5, 0.6) is 0 Å². The number of aromatic nitrogens is 1. The van der Waals surface area contributed by atoms with Crippen LogP contribution in [0.25, 0.3) is 0 Å². The number of hydrogen-bond acceptors (Lipinski definition) is 5. The van der Waals surface area contributed by atoms with Gasteiger partial charge in [0.25, 0.3) is 0 Å². The second kappa shape index (κ2) is 9.34. The van der Waals surface area contributed by atoms with E-state index < -0.39 is 0 Å². The van der Waals surface area contributed by atoms with Crippen LogP contribution in [0, 0.1) is 0 Å². The molecule has 0 spiro atoms. The van der Waals surface area contributed by atoms with Crippen molar-refractivity contribution >= 4 is 57.5 Å². The summed E-state index contributed by atoms with van der Waals surface area (Å²) < 4.78 is 4.28. The van der Waals surface area contributed by atoms with Gasteiger partial charge < -0.3 is 10.4 Å². The Balaban J connectivity index is 1.82. The Morgan fingerprint density at radius 2 is 2.13 bits per heavy atom. The number of halogens is 2. The van der Waals surface area contributed by atoms with E-state index >= 15 is 0 Å². The van der Waals surface area contributed by atoms with Crippen molar-refractivity contribution in [3.63, 3.8) is 0 Å². The molecule has 124 valence electrons. The minimum atomic E-state index is -0.303. The number of anilines is 1. The first-order valence-electron chi connectivity index (χ1n) is 6.77. The number of nitrogens with zero attached hydrogens (tertiary/aromatic N) is 1. The Morgan fingerprint density at radius 1 is 1.30 bits per heavy atom. The predicted molar refractivity (Wildman–Crippen MR) is 96.9 cm³/mol. The summed E-state index contributed by atoms with van der Waals surface area (Å²) in [6, 6.07) is 7.03. The minimum absolute atomic E-state index is 0.0519. The van der Waals surface area contributed by atoms with E-state index in [2.05, 4.69) is 15.0 Å². The molecule has 0 atom stereocenters. The Labute approximate surface area is 152 Å². The van der Waals surface area contributed by atoms with E-state index in [1.165, 1.54) is 11.5 Å². The standard InChI is InChI=1S/C14H15Cl2N3O2S2/c15-10-3-2-9(6-11(10)16)8-22-13-7-12(23-19-13)18-14(21)17-4-1-5-20/h2-3,6-7,20H,1,4-5,8H2,(H2,17,18,21). The minimum Gasteiger partial charge on any atom is -0.396 e. The first-order chi connectivity index (χ1) is 11.1. The third kappa shape index (κ3) is 6.19. The lowest BCUT2D eigenvalue weighted by atomic mass is 10.2. The van der Waals surface area contributed by atoms with Crippen LogP contribution in [-0.2, 0) is 5.75 Å². The summed E-state index contributed by atoms with van der Waals surface area (Å²) in [5, 5.41) is 16.6. The highest BCUT2D eigenvalue weighted by Crippen LogP contribution is 2.29. The molecule has 0 aliphatic carbocycles. The van der Waals surface area contributed by atoms with E-state index in [9.17, 15) is 4.79 Å². The summed E-state index contributed by atoms with van der Waals surface area (Å²) in [4.78, 5) is 11.6. The van der Waals surface area contributed by atoms with Crippen LogP contribution in [0.2, 0.25) is 10.0 Å². The quantitative estimate of drug-likeness (QED) is 0.487. The van der Waals surface area contributed by atoms with Crippen LogP contribution >= 0.6 is 46.5 Å². The number of carbonyl (C=O) groups excluding carboxylic acids is 1. The number of benzene rings is 1. The van der Waals surface area contributed by atoms with Crippen molar-refractivity contribution < 1.29 is 9.90 Å². The molecule has 0 saturated heterocycles. The molecule has 23 heavy (non-hydrogen) atoms. The fourth-order valence-corrected chi connectivity index (χ4v) is 3.57. The summed E-state index contributed by atoms with van der Waals surface area (Å²) in [7, 11) is 0. The SMILES string of the molecule is O=C(NCCCO)Nc1cc(SCc2ccc(Cl)c(Cl)c2)ns1. The Kier molecular flexibility index (Phi) is 7.45. The Morgan fingerprint density at radius 3 is 2.87 bits per heavy atom. The predicted octanol–water partition coefficient (Wildman–Crippen LogP) is 4.25. The molecule has 0 aliphatic heterocycles. The van der Waals surface area contributed by atoms with Crippen LogP contribution < -0.4 is 10.6 Å². The van der Waals surface area contributed by atoms with Crippen LogP contribution in [0.3, 0.4) is 0 Å². The number of carbonyl (C=O) groups is 1. The highest BCUT2D eigenvalue weighted by Gasteiger charge is 2.07. The molecule has 0 bridgehead atoms. The molecule has 0 aliphatic rings. The van der Waals surface area contributed by atoms with Crippen molar-refractivity contribution in [1.82, 2.24) is 9.69 Å². The molecule has 2 aromatic rings. The highest BCUT2D eigenvalue weighted by molar-refractivity contribution is 7.98. The number of thioether (sulfide) groups is 1. The van der Waals surface area contributed by atoms with Gasteiger partial charge in [-0.3, -0.25) is 5.32 Å². The second-order valence-corrected chi connectivity index (χ2v) is 7.14. The molecular formula is C14H15Cl2N3O2S2. The lowest BCUT2D eigenvalue weighted by Gasteiger charge is -2.03. The van der Waals surface area contributed by atoms with Crippen molar-refractivity contribution in [2.24, 2.45) is 0 Å². The summed E-state index contributed by atoms with van der Waals surface area (Å²) in [5.41, 5.74) is 1.05. The molecule has 0 saturated carbocycles. The van der Waals surface area contributed by atoms with E-state index in [1.807, 2.05) is 18.2 Å². The van der Waals surface area contributed by atoms with Crippen LogP contribution in [0.15, 0.2) is 29.3 Å². The van der Waals surface area contributed by atoms with Crippen molar-refractivity contribution in [2.45, 2.75) is 17.2 Å². The van der Waals surface area contributed by atoms with Gasteiger partial charge >= 0.3 is 6.03 Å². The number of rotatable bonds is 7. The topological polar surface area (TPSA) is 74.2 Å². The first kappa shape index (κ1) is 18.4. The molecule has 2 rings (SSSR count). The maximum Gasteiger partial charge on any atom is 0.319 e. The van der Waals surface area contributed by atoms with Gasteiger partial charge in [0.2, 0.25) is 0 Å². The molecule has 9 heteroatoms. The maximum atomic E-state index is 11.6. The third-order valence-electron chi connectivity index (χ3n) is 2.72. The van der Waals surface area contributed by atoms with E-state index in [4.69, 9.17) is 28.3 Å². The zero-order valence-corrected chi connectivity index (χ0v) is 15.2. The van der Waals surface area contributed by atoms with Crippen molar-refractivity contribution in [2.75, 3.05) is 18.5 Å². The summed E-state index contributed by atoms with van der Waals surface area (Å²) >= 11 is 14.6. The number of urea groups is 1. The number of nitrogens with one attached hydrogen (secondary N) is 2. The Hall–Kier alpha value is -0.990. The van der Waals surface area contributed by atoms with E-state index in [-0.39, 0.29) is 12.6 Å².